The summed E-state index contributed by atoms with van der Waals surface area (Å²) in [5.41, 5.74) is 2.53. The number of carbonyl (C=O) groups is 2. The first-order valence-corrected chi connectivity index (χ1v) is 9.24. The summed E-state index contributed by atoms with van der Waals surface area (Å²) in [6, 6.07) is 8.41. The molecular weight excluding hydrogens is 316 g/mol. The molecule has 0 aliphatic heterocycles. The fourth-order valence-electron chi connectivity index (χ4n) is 2.42. The summed E-state index contributed by atoms with van der Waals surface area (Å²) in [4.78, 5) is 23.5. The van der Waals surface area contributed by atoms with Gasteiger partial charge in [-0.1, -0.05) is 58.9 Å². The van der Waals surface area contributed by atoms with Crippen LogP contribution in [0.25, 0.3) is 0 Å². The van der Waals surface area contributed by atoms with Crippen LogP contribution in [0.15, 0.2) is 24.3 Å². The van der Waals surface area contributed by atoms with E-state index in [4.69, 9.17) is 9.47 Å². The second-order valence-corrected chi connectivity index (χ2v) is 7.39. The third kappa shape index (κ3) is 8.19. The Morgan fingerprint density at radius 2 is 1.40 bits per heavy atom. The lowest BCUT2D eigenvalue weighted by molar-refractivity contribution is -0.189. The quantitative estimate of drug-likeness (QED) is 0.469. The third-order valence-electron chi connectivity index (χ3n) is 3.92. The van der Waals surface area contributed by atoms with Gasteiger partial charge in [-0.15, -0.1) is 0 Å². The van der Waals surface area contributed by atoms with Crippen LogP contribution in [0.4, 0.5) is 0 Å². The first-order chi connectivity index (χ1) is 11.8. The number of rotatable bonds is 9. The van der Waals surface area contributed by atoms with Gasteiger partial charge in [0.2, 0.25) is 6.29 Å². The van der Waals surface area contributed by atoms with Gasteiger partial charge in [-0.3, -0.25) is 9.59 Å². The van der Waals surface area contributed by atoms with Crippen LogP contribution in [0.3, 0.4) is 0 Å². The van der Waals surface area contributed by atoms with Gasteiger partial charge in [0.15, 0.2) is 0 Å². The molecule has 140 valence electrons. The van der Waals surface area contributed by atoms with Crippen molar-refractivity contribution >= 4 is 11.9 Å². The second kappa shape index (κ2) is 10.2. The van der Waals surface area contributed by atoms with E-state index in [0.29, 0.717) is 38.5 Å². The maximum absolute atomic E-state index is 11.7. The van der Waals surface area contributed by atoms with Gasteiger partial charge in [0.1, 0.15) is 0 Å². The average Bonchev–Trinajstić information content (AvgIpc) is 2.52. The summed E-state index contributed by atoms with van der Waals surface area (Å²) in [6.45, 7) is 10.4. The van der Waals surface area contributed by atoms with Crippen molar-refractivity contribution in [2.24, 2.45) is 0 Å². The maximum atomic E-state index is 11.7. The highest BCUT2D eigenvalue weighted by Gasteiger charge is 2.19. The Kier molecular flexibility index (Phi) is 8.67. The summed E-state index contributed by atoms with van der Waals surface area (Å²) in [5.74, 6) is -0.639. The Balaban J connectivity index is 2.66. The van der Waals surface area contributed by atoms with Crippen molar-refractivity contribution < 1.29 is 19.1 Å². The van der Waals surface area contributed by atoms with Gasteiger partial charge < -0.3 is 9.47 Å². The third-order valence-corrected chi connectivity index (χ3v) is 3.92. The minimum Gasteiger partial charge on any atom is -0.425 e. The molecule has 0 bridgehead atoms. The molecule has 4 heteroatoms. The molecule has 0 aliphatic carbocycles. The van der Waals surface area contributed by atoms with Crippen LogP contribution in [-0.4, -0.2) is 18.2 Å². The van der Waals surface area contributed by atoms with Crippen molar-refractivity contribution in [3.8, 4) is 0 Å². The van der Waals surface area contributed by atoms with Gasteiger partial charge in [-0.2, -0.15) is 0 Å². The highest BCUT2D eigenvalue weighted by Crippen LogP contribution is 2.22. The zero-order chi connectivity index (χ0) is 18.9. The van der Waals surface area contributed by atoms with E-state index >= 15 is 0 Å². The first kappa shape index (κ1) is 21.2. The van der Waals surface area contributed by atoms with Gasteiger partial charge in [0.05, 0.1) is 0 Å². The van der Waals surface area contributed by atoms with E-state index in [1.54, 1.807) is 0 Å². The standard InChI is InChI=1S/C21H32O4/c1-6-8-18(22)24-20(25-19(23)9-7-2)15-12-16-10-13-17(14-11-16)21(3,4)5/h10-11,13-14,20H,6-9,12,15H2,1-5H3. The van der Waals surface area contributed by atoms with Crippen molar-refractivity contribution in [1.82, 2.24) is 0 Å². The van der Waals surface area contributed by atoms with Crippen molar-refractivity contribution in [3.63, 3.8) is 0 Å². The van der Waals surface area contributed by atoms with E-state index in [1.807, 2.05) is 13.8 Å². The molecule has 0 radical (unpaired) electrons. The number of hydrogen-bond acceptors (Lipinski definition) is 4. The number of aryl methyl sites for hydroxylation is 1. The lowest BCUT2D eigenvalue weighted by Crippen LogP contribution is -2.25. The molecule has 1 aromatic carbocycles. The first-order valence-electron chi connectivity index (χ1n) is 9.24. The number of ether oxygens (including phenoxy) is 2. The zero-order valence-electron chi connectivity index (χ0n) is 16.3. The number of benzene rings is 1. The molecule has 0 saturated carbocycles. The van der Waals surface area contributed by atoms with Crippen LogP contribution in [0.1, 0.15) is 77.8 Å². The highest BCUT2D eigenvalue weighted by molar-refractivity contribution is 5.71. The fourth-order valence-corrected chi connectivity index (χ4v) is 2.42. The lowest BCUT2D eigenvalue weighted by atomic mass is 9.86. The molecule has 0 amide bonds. The van der Waals surface area contributed by atoms with Crippen LogP contribution >= 0.6 is 0 Å². The number of carbonyl (C=O) groups excluding carboxylic acids is 2. The van der Waals surface area contributed by atoms with Crippen molar-refractivity contribution in [2.45, 2.75) is 84.8 Å². The molecule has 0 aliphatic rings. The van der Waals surface area contributed by atoms with Crippen molar-refractivity contribution in [2.75, 3.05) is 0 Å². The monoisotopic (exact) mass is 348 g/mol. The van der Waals surface area contributed by atoms with E-state index in [-0.39, 0.29) is 17.4 Å². The molecule has 0 heterocycles. The van der Waals surface area contributed by atoms with Crippen LogP contribution in [-0.2, 0) is 30.9 Å². The van der Waals surface area contributed by atoms with Crippen LogP contribution in [0.2, 0.25) is 0 Å². The molecule has 0 N–H and O–H groups in total. The Morgan fingerprint density at radius 1 is 0.920 bits per heavy atom. The van der Waals surface area contributed by atoms with Gasteiger partial charge >= 0.3 is 11.9 Å². The molecule has 0 fully saturated rings. The Hall–Kier alpha value is -1.84. The smallest absolute Gasteiger partial charge is 0.308 e. The maximum Gasteiger partial charge on any atom is 0.308 e. The predicted octanol–water partition coefficient (Wildman–Crippen LogP) is 4.93. The van der Waals surface area contributed by atoms with E-state index in [0.717, 1.165) is 5.56 Å². The topological polar surface area (TPSA) is 52.6 Å². The molecule has 0 aromatic heterocycles. The second-order valence-electron chi connectivity index (χ2n) is 7.39. The van der Waals surface area contributed by atoms with E-state index in [2.05, 4.69) is 45.0 Å². The van der Waals surface area contributed by atoms with Gasteiger partial charge in [-0.25, -0.2) is 0 Å². The summed E-state index contributed by atoms with van der Waals surface area (Å²) in [5, 5.41) is 0. The van der Waals surface area contributed by atoms with Crippen LogP contribution in [0.5, 0.6) is 0 Å². The van der Waals surface area contributed by atoms with E-state index < -0.39 is 6.29 Å². The summed E-state index contributed by atoms with van der Waals surface area (Å²) < 4.78 is 10.7. The minimum atomic E-state index is -0.805. The summed E-state index contributed by atoms with van der Waals surface area (Å²) >= 11 is 0. The molecule has 1 rings (SSSR count). The highest BCUT2D eigenvalue weighted by atomic mass is 16.7. The summed E-state index contributed by atoms with van der Waals surface area (Å²) in [7, 11) is 0. The zero-order valence-corrected chi connectivity index (χ0v) is 16.3. The van der Waals surface area contributed by atoms with Crippen LogP contribution in [0, 0.1) is 0 Å². The molecule has 0 spiro atoms. The SMILES string of the molecule is CCCC(=O)OC(CCc1ccc(C(C)(C)C)cc1)OC(=O)CCC. The normalized spacial score (nSPS) is 11.4. The Morgan fingerprint density at radius 3 is 1.80 bits per heavy atom. The van der Waals surface area contributed by atoms with Crippen LogP contribution < -0.4 is 0 Å². The van der Waals surface area contributed by atoms with E-state index in [1.165, 1.54) is 5.56 Å². The molecule has 0 saturated heterocycles. The van der Waals surface area contributed by atoms with Crippen molar-refractivity contribution in [1.29, 1.82) is 0 Å². The van der Waals surface area contributed by atoms with Gasteiger partial charge in [-0.05, 0) is 35.8 Å². The molecule has 0 atom stereocenters. The fraction of sp³-hybridized carbons (Fsp3) is 0.619. The average molecular weight is 348 g/mol. The molecule has 4 nitrogen and oxygen atoms in total. The lowest BCUT2D eigenvalue weighted by Gasteiger charge is -2.20. The predicted molar refractivity (Wildman–Crippen MR) is 99.3 cm³/mol. The molecule has 1 aromatic rings. The largest absolute Gasteiger partial charge is 0.425 e. The molecule has 0 unspecified atom stereocenters. The Bertz CT molecular complexity index is 520. The van der Waals surface area contributed by atoms with Crippen molar-refractivity contribution in [3.05, 3.63) is 35.4 Å². The number of hydrogen-bond donors (Lipinski definition) is 0. The Labute approximate surface area is 151 Å². The van der Waals surface area contributed by atoms with E-state index in [9.17, 15) is 9.59 Å². The molecule has 25 heavy (non-hydrogen) atoms. The number of esters is 2. The minimum absolute atomic E-state index is 0.117. The van der Waals surface area contributed by atoms with Gasteiger partial charge in [0.25, 0.3) is 0 Å². The molecular formula is C21H32O4. The summed E-state index contributed by atoms with van der Waals surface area (Å²) in [6.07, 6.45) is 2.45. The van der Waals surface area contributed by atoms with Gasteiger partial charge in [0, 0.05) is 19.3 Å².